The van der Waals surface area contributed by atoms with Crippen LogP contribution in [0.15, 0.2) is 57.7 Å². The molecule has 2 aromatic carbocycles. The molecule has 24 heavy (non-hydrogen) atoms. The Morgan fingerprint density at radius 3 is 2.58 bits per heavy atom. The van der Waals surface area contributed by atoms with Crippen LogP contribution in [0.3, 0.4) is 0 Å². The summed E-state index contributed by atoms with van der Waals surface area (Å²) in [5.41, 5.74) is 1.16. The van der Waals surface area contributed by atoms with E-state index < -0.39 is 11.7 Å². The Balaban J connectivity index is 1.70. The second-order valence-electron chi connectivity index (χ2n) is 5.09. The van der Waals surface area contributed by atoms with Gasteiger partial charge in [0.1, 0.15) is 0 Å². The number of ether oxygens (including phenoxy) is 2. The molecule has 0 N–H and O–H groups in total. The monoisotopic (exact) mass is 327 g/mol. The zero-order valence-electron chi connectivity index (χ0n) is 13.2. The number of nitrogens with zero attached hydrogens (tertiary/aromatic N) is 1. The number of carbonyl (C=O) groups excluding carboxylic acids is 1. The number of rotatable bonds is 6. The highest BCUT2D eigenvalue weighted by Gasteiger charge is 2.13. The molecule has 0 radical (unpaired) electrons. The molecule has 3 aromatic rings. The van der Waals surface area contributed by atoms with Crippen molar-refractivity contribution in [3.8, 4) is 11.5 Å². The van der Waals surface area contributed by atoms with Crippen LogP contribution in [0, 0.1) is 0 Å². The van der Waals surface area contributed by atoms with E-state index in [1.165, 1.54) is 4.57 Å². The van der Waals surface area contributed by atoms with Gasteiger partial charge in [0.05, 0.1) is 18.5 Å². The Kier molecular flexibility index (Phi) is 4.65. The minimum atomic E-state index is -0.487. The first-order valence-corrected chi connectivity index (χ1v) is 7.70. The molecule has 6 heteroatoms. The molecule has 0 unspecified atom stereocenters. The summed E-state index contributed by atoms with van der Waals surface area (Å²) in [6, 6.07) is 14.1. The molecule has 0 aliphatic heterocycles. The number of hydrogen-bond acceptors (Lipinski definition) is 5. The average molecular weight is 327 g/mol. The maximum absolute atomic E-state index is 12.1. The van der Waals surface area contributed by atoms with Gasteiger partial charge in [-0.25, -0.2) is 4.79 Å². The second-order valence-corrected chi connectivity index (χ2v) is 5.09. The number of hydrogen-bond donors (Lipinski definition) is 0. The van der Waals surface area contributed by atoms with Gasteiger partial charge in [-0.1, -0.05) is 24.3 Å². The van der Waals surface area contributed by atoms with Crippen molar-refractivity contribution in [1.29, 1.82) is 0 Å². The normalized spacial score (nSPS) is 10.7. The lowest BCUT2D eigenvalue weighted by Crippen LogP contribution is -2.18. The van der Waals surface area contributed by atoms with E-state index in [2.05, 4.69) is 0 Å². The number of aryl methyl sites for hydroxylation is 1. The summed E-state index contributed by atoms with van der Waals surface area (Å²) >= 11 is 0. The summed E-state index contributed by atoms with van der Waals surface area (Å²) in [5, 5.41) is 0. The van der Waals surface area contributed by atoms with E-state index in [1.54, 1.807) is 42.5 Å². The third-order valence-electron chi connectivity index (χ3n) is 3.49. The Labute approximate surface area is 138 Å². The fraction of sp³-hybridized carbons (Fsp3) is 0.222. The van der Waals surface area contributed by atoms with Crippen molar-refractivity contribution in [2.24, 2.45) is 0 Å². The molecule has 3 rings (SSSR count). The zero-order valence-corrected chi connectivity index (χ0v) is 13.2. The molecule has 1 heterocycles. The number of esters is 1. The van der Waals surface area contributed by atoms with Crippen LogP contribution in [0.2, 0.25) is 0 Å². The molecular weight excluding hydrogens is 310 g/mol. The number of oxazole rings is 1. The van der Waals surface area contributed by atoms with Crippen molar-refractivity contribution >= 4 is 17.1 Å². The first kappa shape index (κ1) is 15.9. The van der Waals surface area contributed by atoms with Gasteiger partial charge in [0.25, 0.3) is 0 Å². The smallest absolute Gasteiger partial charge is 0.419 e. The van der Waals surface area contributed by atoms with Gasteiger partial charge in [0, 0.05) is 6.54 Å². The first-order valence-electron chi connectivity index (χ1n) is 7.70. The van der Waals surface area contributed by atoms with Crippen molar-refractivity contribution in [1.82, 2.24) is 4.57 Å². The van der Waals surface area contributed by atoms with E-state index in [9.17, 15) is 9.59 Å². The molecule has 124 valence electrons. The van der Waals surface area contributed by atoms with Crippen molar-refractivity contribution in [2.75, 3.05) is 6.61 Å². The van der Waals surface area contributed by atoms with E-state index >= 15 is 0 Å². The van der Waals surface area contributed by atoms with E-state index in [0.29, 0.717) is 29.2 Å². The fourth-order valence-corrected chi connectivity index (χ4v) is 2.41. The van der Waals surface area contributed by atoms with Crippen LogP contribution in [0.5, 0.6) is 11.5 Å². The number of fused-ring (bicyclic) bond motifs is 1. The molecule has 1 aromatic heterocycles. The molecule has 0 saturated heterocycles. The number of carbonyl (C=O) groups is 1. The van der Waals surface area contributed by atoms with Gasteiger partial charge >= 0.3 is 11.7 Å². The van der Waals surface area contributed by atoms with Gasteiger partial charge < -0.3 is 13.9 Å². The summed E-state index contributed by atoms with van der Waals surface area (Å²) in [6.45, 7) is 2.52. The number of para-hydroxylation sites is 4. The maximum atomic E-state index is 12.1. The van der Waals surface area contributed by atoms with Crippen LogP contribution >= 0.6 is 0 Å². The predicted molar refractivity (Wildman–Crippen MR) is 88.3 cm³/mol. The van der Waals surface area contributed by atoms with Crippen molar-refractivity contribution in [2.45, 2.75) is 19.9 Å². The second kappa shape index (κ2) is 7.04. The van der Waals surface area contributed by atoms with Crippen LogP contribution in [-0.4, -0.2) is 17.1 Å². The Morgan fingerprint density at radius 1 is 1.08 bits per heavy atom. The number of aromatic nitrogens is 1. The molecule has 0 amide bonds. The van der Waals surface area contributed by atoms with Gasteiger partial charge in [0.15, 0.2) is 17.1 Å². The molecule has 0 fully saturated rings. The zero-order chi connectivity index (χ0) is 16.9. The molecule has 0 spiro atoms. The van der Waals surface area contributed by atoms with Crippen molar-refractivity contribution < 1.29 is 18.7 Å². The Morgan fingerprint density at radius 2 is 1.79 bits per heavy atom. The van der Waals surface area contributed by atoms with Gasteiger partial charge in [-0.2, -0.15) is 0 Å². The van der Waals surface area contributed by atoms with Gasteiger partial charge in [-0.15, -0.1) is 0 Å². The van der Waals surface area contributed by atoms with Crippen molar-refractivity contribution in [3.63, 3.8) is 0 Å². The van der Waals surface area contributed by atoms with Crippen LogP contribution in [0.1, 0.15) is 13.3 Å². The highest BCUT2D eigenvalue weighted by atomic mass is 16.6. The SMILES string of the molecule is CCOc1ccccc1OC(=O)CCn1c(=O)oc2ccccc21. The molecule has 6 nitrogen and oxygen atoms in total. The van der Waals surface area contributed by atoms with Crippen LogP contribution in [0.25, 0.3) is 11.1 Å². The van der Waals surface area contributed by atoms with Crippen molar-refractivity contribution in [3.05, 3.63) is 59.1 Å². The topological polar surface area (TPSA) is 70.7 Å². The number of benzene rings is 2. The summed E-state index contributed by atoms with van der Waals surface area (Å²) in [5.74, 6) is -0.0499. The highest BCUT2D eigenvalue weighted by Crippen LogP contribution is 2.26. The standard InChI is InChI=1S/C18H17NO5/c1-2-22-15-9-5-6-10-16(15)23-17(20)11-12-19-13-7-3-4-8-14(13)24-18(19)21/h3-10H,2,11-12H2,1H3. The molecular formula is C18H17NO5. The lowest BCUT2D eigenvalue weighted by Gasteiger charge is -2.10. The third-order valence-corrected chi connectivity index (χ3v) is 3.49. The first-order chi connectivity index (χ1) is 11.7. The van der Waals surface area contributed by atoms with E-state index in [0.717, 1.165) is 0 Å². The maximum Gasteiger partial charge on any atom is 0.419 e. The van der Waals surface area contributed by atoms with E-state index in [4.69, 9.17) is 13.9 Å². The van der Waals surface area contributed by atoms with Crippen LogP contribution < -0.4 is 15.2 Å². The summed E-state index contributed by atoms with van der Waals surface area (Å²) in [4.78, 5) is 24.0. The average Bonchev–Trinajstić information content (AvgIpc) is 2.90. The lowest BCUT2D eigenvalue weighted by molar-refractivity contribution is -0.134. The molecule has 0 aliphatic carbocycles. The predicted octanol–water partition coefficient (Wildman–Crippen LogP) is 2.99. The summed E-state index contributed by atoms with van der Waals surface area (Å²) < 4.78 is 17.3. The minimum absolute atomic E-state index is 0.0455. The van der Waals surface area contributed by atoms with Gasteiger partial charge in [0.2, 0.25) is 0 Å². The lowest BCUT2D eigenvalue weighted by atomic mass is 10.3. The third kappa shape index (κ3) is 3.32. The van der Waals surface area contributed by atoms with Gasteiger partial charge in [-0.05, 0) is 31.2 Å². The highest BCUT2D eigenvalue weighted by molar-refractivity contribution is 5.75. The van der Waals surface area contributed by atoms with E-state index in [1.807, 2.05) is 13.0 Å². The molecule has 0 saturated carbocycles. The summed E-state index contributed by atoms with van der Waals surface area (Å²) in [7, 11) is 0. The van der Waals surface area contributed by atoms with Crippen LogP contribution in [0.4, 0.5) is 0 Å². The van der Waals surface area contributed by atoms with Gasteiger partial charge in [-0.3, -0.25) is 9.36 Å². The molecule has 0 aliphatic rings. The quantitative estimate of drug-likeness (QED) is 0.514. The fourth-order valence-electron chi connectivity index (χ4n) is 2.41. The molecule has 0 atom stereocenters. The Bertz CT molecular complexity index is 909. The minimum Gasteiger partial charge on any atom is -0.490 e. The largest absolute Gasteiger partial charge is 0.490 e. The van der Waals surface area contributed by atoms with Crippen LogP contribution in [-0.2, 0) is 11.3 Å². The molecule has 0 bridgehead atoms. The Hall–Kier alpha value is -3.02. The van der Waals surface area contributed by atoms with E-state index in [-0.39, 0.29) is 13.0 Å². The summed E-state index contributed by atoms with van der Waals surface area (Å²) in [6.07, 6.45) is 0.0455.